The molecule has 0 rings (SSSR count). The Morgan fingerprint density at radius 3 is 1.49 bits per heavy atom. The third-order valence-corrected chi connectivity index (χ3v) is 8.66. The van der Waals surface area contributed by atoms with E-state index >= 15 is 0 Å². The van der Waals surface area contributed by atoms with Crippen LogP contribution in [-0.4, -0.2) is 42.1 Å². The van der Waals surface area contributed by atoms with Crippen LogP contribution in [-0.2, 0) is 23.9 Å². The number of unbranched alkanes of at least 4 members (excludes halogenated alkanes) is 21. The van der Waals surface area contributed by atoms with Crippen molar-refractivity contribution in [3.8, 4) is 0 Å². The molecule has 2 unspecified atom stereocenters. The fourth-order valence-corrected chi connectivity index (χ4v) is 5.75. The highest BCUT2D eigenvalue weighted by Gasteiger charge is 2.15. The first-order valence-corrected chi connectivity index (χ1v) is 19.1. The van der Waals surface area contributed by atoms with Crippen molar-refractivity contribution >= 4 is 17.7 Å². The molecule has 0 saturated carbocycles. The summed E-state index contributed by atoms with van der Waals surface area (Å²) in [4.78, 5) is 35.7. The van der Waals surface area contributed by atoms with E-state index in [2.05, 4.69) is 19.9 Å². The Hall–Kier alpha value is -1.69. The second-order valence-corrected chi connectivity index (χ2v) is 13.2. The number of ether oxygens (including phenoxy) is 2. The minimum atomic E-state index is -0.991. The molecule has 0 bridgehead atoms. The van der Waals surface area contributed by atoms with Gasteiger partial charge in [0.25, 0.3) is 0 Å². The summed E-state index contributed by atoms with van der Waals surface area (Å²) in [5.74, 6) is -0.349. The molecule has 0 aromatic heterocycles. The lowest BCUT2D eigenvalue weighted by atomic mass is 9.90. The molecule has 0 saturated heterocycles. The largest absolute Gasteiger partial charge is 0.463 e. The van der Waals surface area contributed by atoms with Gasteiger partial charge in [-0.15, -0.1) is 0 Å². The molecule has 0 amide bonds. The minimum absolute atomic E-state index is 0.142. The summed E-state index contributed by atoms with van der Waals surface area (Å²) < 4.78 is 9.75. The van der Waals surface area contributed by atoms with Crippen LogP contribution in [0.2, 0.25) is 0 Å². The van der Waals surface area contributed by atoms with Crippen molar-refractivity contribution < 1.29 is 29.0 Å². The van der Waals surface area contributed by atoms with Gasteiger partial charge in [-0.3, -0.25) is 14.4 Å². The van der Waals surface area contributed by atoms with E-state index in [9.17, 15) is 19.5 Å². The van der Waals surface area contributed by atoms with E-state index in [4.69, 9.17) is 9.47 Å². The Morgan fingerprint density at radius 2 is 1.00 bits per heavy atom. The molecule has 0 fully saturated rings. The van der Waals surface area contributed by atoms with E-state index in [-0.39, 0.29) is 25.1 Å². The van der Waals surface area contributed by atoms with E-state index in [0.717, 1.165) is 57.8 Å². The summed E-state index contributed by atoms with van der Waals surface area (Å²) in [5, 5.41) is 9.66. The molecule has 6 heteroatoms. The normalized spacial score (nSPS) is 12.8. The van der Waals surface area contributed by atoms with Crippen molar-refractivity contribution in [3.63, 3.8) is 0 Å². The summed E-state index contributed by atoms with van der Waals surface area (Å²) in [6, 6.07) is 0. The number of carbonyl (C=O) groups excluding carboxylic acids is 3. The lowest BCUT2D eigenvalue weighted by Crippen LogP contribution is -2.24. The third kappa shape index (κ3) is 32.1. The molecule has 0 aliphatic heterocycles. The van der Waals surface area contributed by atoms with Crippen molar-refractivity contribution in [2.24, 2.45) is 5.92 Å². The molecule has 0 spiro atoms. The molecule has 0 aromatic rings. The number of aliphatic hydroxyl groups is 1. The molecule has 45 heavy (non-hydrogen) atoms. The van der Waals surface area contributed by atoms with Crippen LogP contribution in [0, 0.1) is 5.92 Å². The molecule has 0 heterocycles. The fraction of sp³-hybridized carbons (Fsp3) is 0.872. The van der Waals surface area contributed by atoms with Crippen LogP contribution < -0.4 is 0 Å². The van der Waals surface area contributed by atoms with Gasteiger partial charge >= 0.3 is 11.9 Å². The standard InChI is InChI=1S/C39H72O6/c1-4-6-8-10-11-12-13-14-15-16-17-18-19-23-27-31-38(42)36(29-25-21-9-7-5-2)30-26-22-20-24-28-32-39(43)45-34-37(41)33-44-35(3)40/h27,31,36-37,41H,4-26,28-30,32-34H2,1-3H3. The van der Waals surface area contributed by atoms with Gasteiger partial charge in [-0.1, -0.05) is 155 Å². The maximum atomic E-state index is 13.0. The zero-order valence-corrected chi connectivity index (χ0v) is 29.8. The number of hydrogen-bond donors (Lipinski definition) is 1. The van der Waals surface area contributed by atoms with E-state index < -0.39 is 12.1 Å². The van der Waals surface area contributed by atoms with Gasteiger partial charge in [0, 0.05) is 19.3 Å². The number of allylic oxidation sites excluding steroid dienone is 2. The first kappa shape index (κ1) is 43.3. The SMILES string of the molecule is CCCCCCCCCCCCCCCC=CC(=O)C(CCCCCCC)CCCCCCCC(=O)OCC(O)COC(C)=O. The lowest BCUT2D eigenvalue weighted by molar-refractivity contribution is -0.151. The fourth-order valence-electron chi connectivity index (χ4n) is 5.75. The van der Waals surface area contributed by atoms with Crippen LogP contribution in [0.1, 0.15) is 194 Å². The predicted octanol–water partition coefficient (Wildman–Crippen LogP) is 10.8. The Morgan fingerprint density at radius 1 is 0.578 bits per heavy atom. The molecule has 0 aliphatic rings. The molecule has 0 aromatic carbocycles. The van der Waals surface area contributed by atoms with Gasteiger partial charge in [0.2, 0.25) is 0 Å². The zero-order chi connectivity index (χ0) is 33.2. The number of hydrogen-bond acceptors (Lipinski definition) is 6. The molecular weight excluding hydrogens is 564 g/mol. The van der Waals surface area contributed by atoms with Gasteiger partial charge in [0.05, 0.1) is 0 Å². The highest BCUT2D eigenvalue weighted by molar-refractivity contribution is 5.91. The lowest BCUT2D eigenvalue weighted by Gasteiger charge is -2.14. The van der Waals surface area contributed by atoms with Crippen molar-refractivity contribution in [2.45, 2.75) is 200 Å². The molecule has 2 atom stereocenters. The monoisotopic (exact) mass is 637 g/mol. The Labute approximate surface area is 277 Å². The van der Waals surface area contributed by atoms with E-state index in [1.807, 2.05) is 6.08 Å². The maximum Gasteiger partial charge on any atom is 0.305 e. The van der Waals surface area contributed by atoms with E-state index in [0.29, 0.717) is 12.2 Å². The number of esters is 2. The number of carbonyl (C=O) groups is 3. The minimum Gasteiger partial charge on any atom is -0.463 e. The predicted molar refractivity (Wildman–Crippen MR) is 187 cm³/mol. The van der Waals surface area contributed by atoms with E-state index in [1.54, 1.807) is 0 Å². The molecule has 0 aliphatic carbocycles. The van der Waals surface area contributed by atoms with Crippen molar-refractivity contribution in [1.82, 2.24) is 0 Å². The first-order valence-electron chi connectivity index (χ1n) is 19.1. The van der Waals surface area contributed by atoms with Gasteiger partial charge in [-0.05, 0) is 38.2 Å². The Balaban J connectivity index is 4.07. The number of rotatable bonds is 34. The van der Waals surface area contributed by atoms with Crippen LogP contribution in [0.4, 0.5) is 0 Å². The summed E-state index contributed by atoms with van der Waals surface area (Å²) in [6.45, 7) is 5.45. The van der Waals surface area contributed by atoms with Crippen molar-refractivity contribution in [1.29, 1.82) is 0 Å². The summed E-state index contributed by atoms with van der Waals surface area (Å²) in [6.07, 6.45) is 35.0. The zero-order valence-electron chi connectivity index (χ0n) is 29.8. The highest BCUT2D eigenvalue weighted by atomic mass is 16.6. The van der Waals surface area contributed by atoms with Crippen LogP contribution in [0.3, 0.4) is 0 Å². The van der Waals surface area contributed by atoms with Gasteiger partial charge in [0.15, 0.2) is 5.78 Å². The van der Waals surface area contributed by atoms with Crippen LogP contribution in [0.25, 0.3) is 0 Å². The number of ketones is 1. The third-order valence-electron chi connectivity index (χ3n) is 8.66. The molecule has 1 N–H and O–H groups in total. The second kappa shape index (κ2) is 33.7. The average molecular weight is 637 g/mol. The molecule has 0 radical (unpaired) electrons. The first-order chi connectivity index (χ1) is 21.9. The average Bonchev–Trinajstić information content (AvgIpc) is 3.02. The molecular formula is C39H72O6. The maximum absolute atomic E-state index is 13.0. The smallest absolute Gasteiger partial charge is 0.305 e. The van der Waals surface area contributed by atoms with Gasteiger partial charge in [0.1, 0.15) is 19.3 Å². The topological polar surface area (TPSA) is 89.9 Å². The van der Waals surface area contributed by atoms with Gasteiger partial charge in [-0.25, -0.2) is 0 Å². The Kier molecular flexibility index (Phi) is 32.4. The van der Waals surface area contributed by atoms with Gasteiger partial charge in [-0.2, -0.15) is 0 Å². The van der Waals surface area contributed by atoms with E-state index in [1.165, 1.54) is 116 Å². The van der Waals surface area contributed by atoms with Gasteiger partial charge < -0.3 is 14.6 Å². The Bertz CT molecular complexity index is 718. The quantitative estimate of drug-likeness (QED) is 0.0429. The molecule has 264 valence electrons. The van der Waals surface area contributed by atoms with Crippen molar-refractivity contribution in [3.05, 3.63) is 12.2 Å². The summed E-state index contributed by atoms with van der Waals surface area (Å²) in [7, 11) is 0. The number of aliphatic hydroxyl groups excluding tert-OH is 1. The second-order valence-electron chi connectivity index (χ2n) is 13.2. The van der Waals surface area contributed by atoms with Crippen LogP contribution in [0.5, 0.6) is 0 Å². The van der Waals surface area contributed by atoms with Crippen LogP contribution >= 0.6 is 0 Å². The van der Waals surface area contributed by atoms with Crippen molar-refractivity contribution in [2.75, 3.05) is 13.2 Å². The molecule has 6 nitrogen and oxygen atoms in total. The summed E-state index contributed by atoms with van der Waals surface area (Å²) in [5.41, 5.74) is 0. The summed E-state index contributed by atoms with van der Waals surface area (Å²) >= 11 is 0. The van der Waals surface area contributed by atoms with Crippen LogP contribution in [0.15, 0.2) is 12.2 Å². The highest BCUT2D eigenvalue weighted by Crippen LogP contribution is 2.21.